The SMILES string of the molecule is O=C(COc1ccc(C2SCCS2)cc1)N/N=C\c1ccc(OCc2ccccc2F)c(Br)c1. The van der Waals surface area contributed by atoms with Crippen LogP contribution in [0.25, 0.3) is 0 Å². The topological polar surface area (TPSA) is 59.9 Å². The molecule has 1 fully saturated rings. The van der Waals surface area contributed by atoms with Gasteiger partial charge in [0.1, 0.15) is 23.9 Å². The maximum absolute atomic E-state index is 13.7. The van der Waals surface area contributed by atoms with Crippen molar-refractivity contribution in [2.24, 2.45) is 5.10 Å². The van der Waals surface area contributed by atoms with Gasteiger partial charge in [-0.1, -0.05) is 30.3 Å². The highest BCUT2D eigenvalue weighted by molar-refractivity contribution is 9.10. The summed E-state index contributed by atoms with van der Waals surface area (Å²) in [7, 11) is 0. The molecule has 9 heteroatoms. The zero-order valence-electron chi connectivity index (χ0n) is 18.1. The Labute approximate surface area is 214 Å². The number of thioether (sulfide) groups is 2. The highest BCUT2D eigenvalue weighted by atomic mass is 79.9. The van der Waals surface area contributed by atoms with Crippen LogP contribution in [0, 0.1) is 5.82 Å². The second-order valence-corrected chi connectivity index (χ2v) is 10.9. The van der Waals surface area contributed by atoms with Crippen molar-refractivity contribution in [3.8, 4) is 11.5 Å². The number of carbonyl (C=O) groups is 1. The second kappa shape index (κ2) is 12.3. The van der Waals surface area contributed by atoms with Crippen molar-refractivity contribution in [3.63, 3.8) is 0 Å². The number of nitrogens with one attached hydrogen (secondary N) is 1. The van der Waals surface area contributed by atoms with Crippen molar-refractivity contribution in [1.82, 2.24) is 5.43 Å². The summed E-state index contributed by atoms with van der Waals surface area (Å²) in [5, 5.41) is 3.97. The van der Waals surface area contributed by atoms with Crippen LogP contribution in [0.3, 0.4) is 0 Å². The number of nitrogens with zero attached hydrogens (tertiary/aromatic N) is 1. The fraction of sp³-hybridized carbons (Fsp3) is 0.200. The predicted octanol–water partition coefficient (Wildman–Crippen LogP) is 6.17. The van der Waals surface area contributed by atoms with E-state index in [-0.39, 0.29) is 24.9 Å². The molecular weight excluding hydrogens is 539 g/mol. The Kier molecular flexibility index (Phi) is 8.90. The molecule has 3 aromatic rings. The Morgan fingerprint density at radius 2 is 1.85 bits per heavy atom. The fourth-order valence-electron chi connectivity index (χ4n) is 3.12. The zero-order valence-corrected chi connectivity index (χ0v) is 21.3. The van der Waals surface area contributed by atoms with Crippen LogP contribution in [-0.2, 0) is 11.4 Å². The van der Waals surface area contributed by atoms with Gasteiger partial charge in [-0.15, -0.1) is 23.5 Å². The Morgan fingerprint density at radius 1 is 1.09 bits per heavy atom. The Bertz CT molecular complexity index is 1160. The zero-order chi connectivity index (χ0) is 23.8. The minimum atomic E-state index is -0.355. The van der Waals surface area contributed by atoms with Crippen molar-refractivity contribution in [3.05, 3.63) is 93.7 Å². The van der Waals surface area contributed by atoms with Gasteiger partial charge in [0.25, 0.3) is 5.91 Å². The number of benzene rings is 3. The summed E-state index contributed by atoms with van der Waals surface area (Å²) >= 11 is 7.34. The largest absolute Gasteiger partial charge is 0.488 e. The molecule has 1 aliphatic heterocycles. The van der Waals surface area contributed by atoms with Crippen molar-refractivity contribution in [1.29, 1.82) is 0 Å². The number of hydrazone groups is 1. The molecule has 0 spiro atoms. The number of amides is 1. The van der Waals surface area contributed by atoms with E-state index >= 15 is 0 Å². The minimum absolute atomic E-state index is 0.121. The molecule has 0 saturated carbocycles. The number of hydrogen-bond acceptors (Lipinski definition) is 6. The van der Waals surface area contributed by atoms with Crippen molar-refractivity contribution in [2.75, 3.05) is 18.1 Å². The van der Waals surface area contributed by atoms with Crippen LogP contribution < -0.4 is 14.9 Å². The molecule has 0 radical (unpaired) electrons. The van der Waals surface area contributed by atoms with Gasteiger partial charge in [0.15, 0.2) is 6.61 Å². The Morgan fingerprint density at radius 3 is 2.59 bits per heavy atom. The molecule has 1 aliphatic rings. The van der Waals surface area contributed by atoms with E-state index in [1.54, 1.807) is 36.4 Å². The first kappa shape index (κ1) is 24.6. The van der Waals surface area contributed by atoms with E-state index < -0.39 is 0 Å². The van der Waals surface area contributed by atoms with Gasteiger partial charge in [-0.3, -0.25) is 4.79 Å². The normalized spacial score (nSPS) is 13.8. The molecule has 0 aliphatic carbocycles. The lowest BCUT2D eigenvalue weighted by molar-refractivity contribution is -0.123. The molecule has 0 unspecified atom stereocenters. The molecule has 5 nitrogen and oxygen atoms in total. The van der Waals surface area contributed by atoms with Crippen LogP contribution in [0.4, 0.5) is 4.39 Å². The van der Waals surface area contributed by atoms with Crippen LogP contribution in [0.15, 0.2) is 76.3 Å². The lowest BCUT2D eigenvalue weighted by Crippen LogP contribution is -2.24. The highest BCUT2D eigenvalue weighted by Gasteiger charge is 2.18. The van der Waals surface area contributed by atoms with Gasteiger partial charge in [0.05, 0.1) is 15.3 Å². The summed E-state index contributed by atoms with van der Waals surface area (Å²) in [4.78, 5) is 12.0. The highest BCUT2D eigenvalue weighted by Crippen LogP contribution is 2.45. The number of rotatable bonds is 9. The summed E-state index contributed by atoms with van der Waals surface area (Å²) in [6.07, 6.45) is 1.52. The summed E-state index contributed by atoms with van der Waals surface area (Å²) in [5.41, 5.74) is 4.96. The second-order valence-electron chi connectivity index (χ2n) is 7.29. The Hall–Kier alpha value is -2.49. The van der Waals surface area contributed by atoms with Gasteiger partial charge < -0.3 is 9.47 Å². The monoisotopic (exact) mass is 560 g/mol. The van der Waals surface area contributed by atoms with Gasteiger partial charge in [-0.25, -0.2) is 9.82 Å². The van der Waals surface area contributed by atoms with Gasteiger partial charge in [-0.05, 0) is 63.5 Å². The molecule has 0 aromatic heterocycles. The third-order valence-corrected chi connectivity index (χ3v) is 8.57. The van der Waals surface area contributed by atoms with Crippen LogP contribution in [-0.4, -0.2) is 30.2 Å². The van der Waals surface area contributed by atoms with Gasteiger partial charge in [0, 0.05) is 17.1 Å². The summed E-state index contributed by atoms with van der Waals surface area (Å²) in [6.45, 7) is -0.00780. The van der Waals surface area contributed by atoms with Crippen molar-refractivity contribution >= 4 is 51.6 Å². The third kappa shape index (κ3) is 7.01. The van der Waals surface area contributed by atoms with E-state index in [1.807, 2.05) is 47.8 Å². The van der Waals surface area contributed by atoms with E-state index in [0.717, 1.165) is 5.56 Å². The first-order valence-corrected chi connectivity index (χ1v) is 13.4. The van der Waals surface area contributed by atoms with Crippen LogP contribution >= 0.6 is 39.5 Å². The lowest BCUT2D eigenvalue weighted by Gasteiger charge is -2.10. The van der Waals surface area contributed by atoms with E-state index in [9.17, 15) is 9.18 Å². The number of ether oxygens (including phenoxy) is 2. The smallest absolute Gasteiger partial charge is 0.277 e. The molecule has 0 bridgehead atoms. The van der Waals surface area contributed by atoms with E-state index in [4.69, 9.17) is 9.47 Å². The average molecular weight is 561 g/mol. The molecule has 176 valence electrons. The van der Waals surface area contributed by atoms with Crippen LogP contribution in [0.1, 0.15) is 21.3 Å². The summed E-state index contributed by atoms with van der Waals surface area (Å²) in [5.74, 6) is 2.92. The average Bonchev–Trinajstić information content (AvgIpc) is 3.39. The fourth-order valence-corrected chi connectivity index (χ4v) is 6.49. The van der Waals surface area contributed by atoms with Gasteiger partial charge in [0.2, 0.25) is 0 Å². The molecule has 1 saturated heterocycles. The molecule has 3 aromatic carbocycles. The van der Waals surface area contributed by atoms with Crippen molar-refractivity contribution in [2.45, 2.75) is 11.2 Å². The van der Waals surface area contributed by atoms with Gasteiger partial charge >= 0.3 is 0 Å². The number of halogens is 2. The number of hydrogen-bond donors (Lipinski definition) is 1. The quantitative estimate of drug-likeness (QED) is 0.250. The maximum atomic E-state index is 13.7. The maximum Gasteiger partial charge on any atom is 0.277 e. The standard InChI is InChI=1S/C25H22BrFN2O3S2/c26-21-13-17(5-10-23(21)32-15-19-3-1-2-4-22(19)27)14-28-29-24(30)16-31-20-8-6-18(7-9-20)25-33-11-12-34-25/h1-10,13-14,25H,11-12,15-16H2,(H,29,30)/b28-14-. The van der Waals surface area contributed by atoms with Gasteiger partial charge in [-0.2, -0.15) is 5.10 Å². The van der Waals surface area contributed by atoms with E-state index in [1.165, 1.54) is 29.4 Å². The third-order valence-electron chi connectivity index (χ3n) is 4.84. The first-order chi connectivity index (χ1) is 16.6. The van der Waals surface area contributed by atoms with Crippen LogP contribution in [0.5, 0.6) is 11.5 Å². The summed E-state index contributed by atoms with van der Waals surface area (Å²) < 4.78 is 26.1. The lowest BCUT2D eigenvalue weighted by atomic mass is 10.2. The molecule has 0 atom stereocenters. The van der Waals surface area contributed by atoms with Crippen LogP contribution in [0.2, 0.25) is 0 Å². The predicted molar refractivity (Wildman–Crippen MR) is 140 cm³/mol. The molecule has 4 rings (SSSR count). The number of carbonyl (C=O) groups excluding carboxylic acids is 1. The Balaban J connectivity index is 1.22. The van der Waals surface area contributed by atoms with E-state index in [2.05, 4.69) is 26.5 Å². The van der Waals surface area contributed by atoms with Crippen molar-refractivity contribution < 1.29 is 18.7 Å². The molecular formula is C25H22BrFN2O3S2. The first-order valence-electron chi connectivity index (χ1n) is 10.5. The molecule has 1 amide bonds. The van der Waals surface area contributed by atoms with E-state index in [0.29, 0.717) is 26.1 Å². The minimum Gasteiger partial charge on any atom is -0.488 e. The molecule has 34 heavy (non-hydrogen) atoms. The summed E-state index contributed by atoms with van der Waals surface area (Å²) in [6, 6.07) is 19.7. The molecule has 1 N–H and O–H groups in total. The molecule has 1 heterocycles.